The van der Waals surface area contributed by atoms with E-state index in [1.807, 2.05) is 6.92 Å². The van der Waals surface area contributed by atoms with Crippen molar-refractivity contribution < 1.29 is 4.79 Å². The summed E-state index contributed by atoms with van der Waals surface area (Å²) in [5, 5.41) is 3.69. The van der Waals surface area contributed by atoms with Gasteiger partial charge in [-0.25, -0.2) is 0 Å². The number of halogens is 3. The van der Waals surface area contributed by atoms with Gasteiger partial charge in [-0.15, -0.1) is 12.4 Å². The van der Waals surface area contributed by atoms with Crippen LogP contribution in [0.3, 0.4) is 0 Å². The Kier molecular flexibility index (Phi) is 7.94. The molecule has 0 radical (unpaired) electrons. The lowest BCUT2D eigenvalue weighted by atomic mass is 9.92. The summed E-state index contributed by atoms with van der Waals surface area (Å²) in [6.45, 7) is 4.15. The minimum absolute atomic E-state index is 0. The Morgan fingerprint density at radius 1 is 1.45 bits per heavy atom. The first kappa shape index (κ1) is 19.5. The van der Waals surface area contributed by atoms with Gasteiger partial charge in [-0.05, 0) is 44.4 Å². The quantitative estimate of drug-likeness (QED) is 0.858. The van der Waals surface area contributed by atoms with Gasteiger partial charge in [-0.1, -0.05) is 29.3 Å². The zero-order chi connectivity index (χ0) is 15.4. The molecule has 1 amide bonds. The van der Waals surface area contributed by atoms with Gasteiger partial charge in [-0.2, -0.15) is 0 Å². The maximum Gasteiger partial charge on any atom is 0.238 e. The van der Waals surface area contributed by atoms with Crippen molar-refractivity contribution in [2.24, 2.45) is 11.7 Å². The summed E-state index contributed by atoms with van der Waals surface area (Å²) in [5.41, 5.74) is 6.44. The lowest BCUT2D eigenvalue weighted by Crippen LogP contribution is -2.45. The summed E-state index contributed by atoms with van der Waals surface area (Å²) in [7, 11) is 0. The smallest absolute Gasteiger partial charge is 0.238 e. The Morgan fingerprint density at radius 2 is 2.09 bits per heavy atom. The fourth-order valence-corrected chi connectivity index (χ4v) is 3.16. The van der Waals surface area contributed by atoms with E-state index < -0.39 is 0 Å². The van der Waals surface area contributed by atoms with Crippen LogP contribution in [0.25, 0.3) is 0 Å². The molecule has 1 saturated heterocycles. The predicted molar refractivity (Wildman–Crippen MR) is 95.2 cm³/mol. The van der Waals surface area contributed by atoms with Crippen molar-refractivity contribution >= 4 is 47.2 Å². The maximum absolute atomic E-state index is 12.2. The first-order valence-electron chi connectivity index (χ1n) is 7.19. The number of rotatable bonds is 4. The summed E-state index contributed by atoms with van der Waals surface area (Å²) in [6, 6.07) is 5.32. The lowest BCUT2D eigenvalue weighted by Gasteiger charge is -2.34. The molecule has 0 saturated carbocycles. The second kappa shape index (κ2) is 8.94. The fraction of sp³-hybridized carbons (Fsp3) is 0.533. The van der Waals surface area contributed by atoms with Gasteiger partial charge in [0.15, 0.2) is 0 Å². The number of nitrogens with one attached hydrogen (secondary N) is 1. The summed E-state index contributed by atoms with van der Waals surface area (Å²) in [6.07, 6.45) is 2.21. The summed E-state index contributed by atoms with van der Waals surface area (Å²) >= 11 is 12.1. The number of likely N-dealkylation sites (tertiary alicyclic amines) is 1. The van der Waals surface area contributed by atoms with E-state index in [-0.39, 0.29) is 24.4 Å². The third-order valence-corrected chi connectivity index (χ3v) is 4.51. The van der Waals surface area contributed by atoms with E-state index >= 15 is 0 Å². The first-order valence-corrected chi connectivity index (χ1v) is 7.94. The average molecular weight is 367 g/mol. The van der Waals surface area contributed by atoms with Crippen LogP contribution in [-0.2, 0) is 4.79 Å². The van der Waals surface area contributed by atoms with Crippen molar-refractivity contribution in [3.8, 4) is 0 Å². The molecule has 7 heteroatoms. The molecule has 1 aliphatic heterocycles. The van der Waals surface area contributed by atoms with Crippen molar-refractivity contribution in [3.63, 3.8) is 0 Å². The van der Waals surface area contributed by atoms with E-state index in [2.05, 4.69) is 10.2 Å². The molecular formula is C15H22Cl3N3O. The van der Waals surface area contributed by atoms with Gasteiger partial charge >= 0.3 is 0 Å². The third kappa shape index (κ3) is 5.28. The minimum atomic E-state index is -0.102. The Bertz CT molecular complexity index is 491. The molecule has 3 N–H and O–H groups in total. The molecule has 22 heavy (non-hydrogen) atoms. The predicted octanol–water partition coefficient (Wildman–Crippen LogP) is 3.41. The molecule has 0 bridgehead atoms. The number of para-hydroxylation sites is 1. The molecule has 1 heterocycles. The number of hydrogen-bond donors (Lipinski definition) is 2. The van der Waals surface area contributed by atoms with Crippen LogP contribution in [0.4, 0.5) is 5.69 Å². The van der Waals surface area contributed by atoms with E-state index in [4.69, 9.17) is 28.9 Å². The highest BCUT2D eigenvalue weighted by atomic mass is 35.5. The molecule has 0 spiro atoms. The SMILES string of the molecule is CC(N)C1CCCN(CC(=O)Nc2c(Cl)cccc2Cl)C1.Cl. The average Bonchev–Trinajstić information content (AvgIpc) is 2.43. The van der Waals surface area contributed by atoms with Crippen molar-refractivity contribution in [3.05, 3.63) is 28.2 Å². The van der Waals surface area contributed by atoms with Crippen LogP contribution in [0.5, 0.6) is 0 Å². The molecule has 2 unspecified atom stereocenters. The third-order valence-electron chi connectivity index (χ3n) is 3.88. The minimum Gasteiger partial charge on any atom is -0.328 e. The van der Waals surface area contributed by atoms with E-state index in [9.17, 15) is 4.79 Å². The number of amides is 1. The van der Waals surface area contributed by atoms with Crippen LogP contribution < -0.4 is 11.1 Å². The summed E-state index contributed by atoms with van der Waals surface area (Å²) in [4.78, 5) is 14.3. The van der Waals surface area contributed by atoms with E-state index in [1.165, 1.54) is 0 Å². The van der Waals surface area contributed by atoms with Crippen molar-refractivity contribution in [1.82, 2.24) is 4.90 Å². The van der Waals surface area contributed by atoms with Gasteiger partial charge < -0.3 is 11.1 Å². The topological polar surface area (TPSA) is 58.4 Å². The van der Waals surface area contributed by atoms with Gasteiger partial charge in [0.2, 0.25) is 5.91 Å². The first-order chi connectivity index (χ1) is 9.97. The van der Waals surface area contributed by atoms with Crippen LogP contribution in [0.15, 0.2) is 18.2 Å². The van der Waals surface area contributed by atoms with Gasteiger partial charge in [0.05, 0.1) is 22.3 Å². The Morgan fingerprint density at radius 3 is 2.68 bits per heavy atom. The van der Waals surface area contributed by atoms with Gasteiger partial charge in [0, 0.05) is 12.6 Å². The maximum atomic E-state index is 12.2. The molecule has 0 aromatic heterocycles. The Hall–Kier alpha value is -0.520. The van der Waals surface area contributed by atoms with Crippen LogP contribution in [0, 0.1) is 5.92 Å². The number of anilines is 1. The molecule has 2 rings (SSSR count). The summed E-state index contributed by atoms with van der Waals surface area (Å²) in [5.74, 6) is 0.353. The summed E-state index contributed by atoms with van der Waals surface area (Å²) < 4.78 is 0. The zero-order valence-electron chi connectivity index (χ0n) is 12.5. The number of benzene rings is 1. The molecule has 0 aliphatic carbocycles. The van der Waals surface area contributed by atoms with E-state index in [0.29, 0.717) is 28.2 Å². The highest BCUT2D eigenvalue weighted by molar-refractivity contribution is 6.39. The van der Waals surface area contributed by atoms with Crippen molar-refractivity contribution in [2.75, 3.05) is 25.0 Å². The van der Waals surface area contributed by atoms with E-state index in [1.54, 1.807) is 18.2 Å². The van der Waals surface area contributed by atoms with Gasteiger partial charge in [-0.3, -0.25) is 9.69 Å². The van der Waals surface area contributed by atoms with Crippen molar-refractivity contribution in [2.45, 2.75) is 25.8 Å². The molecule has 2 atom stereocenters. The second-order valence-electron chi connectivity index (χ2n) is 5.64. The Labute approximate surface area is 147 Å². The lowest BCUT2D eigenvalue weighted by molar-refractivity contribution is -0.117. The van der Waals surface area contributed by atoms with E-state index in [0.717, 1.165) is 25.9 Å². The zero-order valence-corrected chi connectivity index (χ0v) is 14.8. The van der Waals surface area contributed by atoms with Crippen LogP contribution in [0.2, 0.25) is 10.0 Å². The van der Waals surface area contributed by atoms with Crippen LogP contribution >= 0.6 is 35.6 Å². The second-order valence-corrected chi connectivity index (χ2v) is 6.46. The number of nitrogens with zero attached hydrogens (tertiary/aromatic N) is 1. The largest absolute Gasteiger partial charge is 0.328 e. The molecule has 1 fully saturated rings. The molecular weight excluding hydrogens is 345 g/mol. The molecule has 1 aromatic rings. The monoisotopic (exact) mass is 365 g/mol. The number of nitrogens with two attached hydrogens (primary N) is 1. The van der Waals surface area contributed by atoms with Crippen LogP contribution in [-0.4, -0.2) is 36.5 Å². The Balaban J connectivity index is 0.00000242. The number of piperidine rings is 1. The highest BCUT2D eigenvalue weighted by Gasteiger charge is 2.24. The number of carbonyl (C=O) groups is 1. The number of carbonyl (C=O) groups excluding carboxylic acids is 1. The van der Waals surface area contributed by atoms with Gasteiger partial charge in [0.1, 0.15) is 0 Å². The van der Waals surface area contributed by atoms with Gasteiger partial charge in [0.25, 0.3) is 0 Å². The van der Waals surface area contributed by atoms with Crippen LogP contribution in [0.1, 0.15) is 19.8 Å². The molecule has 1 aliphatic rings. The molecule has 1 aromatic carbocycles. The molecule has 4 nitrogen and oxygen atoms in total. The normalized spacial score (nSPS) is 20.1. The van der Waals surface area contributed by atoms with Crippen molar-refractivity contribution in [1.29, 1.82) is 0 Å². The molecule has 124 valence electrons. The standard InChI is InChI=1S/C15H21Cl2N3O.ClH/c1-10(18)11-4-3-7-20(8-11)9-14(21)19-15-12(16)5-2-6-13(15)17;/h2,5-6,10-11H,3-4,7-9,18H2,1H3,(H,19,21);1H. The fourth-order valence-electron chi connectivity index (χ4n) is 2.66. The number of hydrogen-bond acceptors (Lipinski definition) is 3. The highest BCUT2D eigenvalue weighted by Crippen LogP contribution is 2.29.